The summed E-state index contributed by atoms with van der Waals surface area (Å²) in [4.78, 5) is 59.5. The van der Waals surface area contributed by atoms with E-state index in [9.17, 15) is 29.1 Å². The van der Waals surface area contributed by atoms with E-state index in [1.165, 1.54) is 6.08 Å². The first kappa shape index (κ1) is 29.1. The van der Waals surface area contributed by atoms with Crippen molar-refractivity contribution in [3.05, 3.63) is 24.5 Å². The summed E-state index contributed by atoms with van der Waals surface area (Å²) in [5.41, 5.74) is -1.88. The Kier molecular flexibility index (Phi) is 9.12. The van der Waals surface area contributed by atoms with Gasteiger partial charge in [-0.25, -0.2) is 4.79 Å². The number of hydrogen-bond donors (Lipinski definition) is 1. The van der Waals surface area contributed by atoms with E-state index in [0.29, 0.717) is 0 Å². The molecule has 0 aromatic rings. The molecule has 0 aliphatic carbocycles. The Hall–Kier alpha value is -3.49. The first-order chi connectivity index (χ1) is 17.9. The van der Waals surface area contributed by atoms with Crippen LogP contribution >= 0.6 is 0 Å². The molecule has 14 nitrogen and oxygen atoms in total. The molecule has 0 radical (unpaired) electrons. The number of cyclic esters (lactones) is 1. The fourth-order valence-electron chi connectivity index (χ4n) is 4.48. The maximum Gasteiger partial charge on any atom is 0.340 e. The van der Waals surface area contributed by atoms with Gasteiger partial charge >= 0.3 is 29.8 Å². The molecule has 8 atom stereocenters. The van der Waals surface area contributed by atoms with Crippen LogP contribution < -0.4 is 0 Å². The highest BCUT2D eigenvalue weighted by Gasteiger charge is 2.57. The van der Waals surface area contributed by atoms with Crippen molar-refractivity contribution in [3.8, 4) is 0 Å². The Balaban J connectivity index is 1.99. The van der Waals surface area contributed by atoms with Gasteiger partial charge in [-0.1, -0.05) is 6.08 Å². The van der Waals surface area contributed by atoms with E-state index in [4.69, 9.17) is 37.9 Å². The number of aliphatic hydroxyl groups is 1. The zero-order chi connectivity index (χ0) is 28.2. The third-order valence-electron chi connectivity index (χ3n) is 6.04. The largest absolute Gasteiger partial charge is 0.471 e. The van der Waals surface area contributed by atoms with E-state index in [1.807, 2.05) is 0 Å². The molecule has 38 heavy (non-hydrogen) atoms. The molecule has 3 heterocycles. The predicted molar refractivity (Wildman–Crippen MR) is 120 cm³/mol. The highest BCUT2D eigenvalue weighted by molar-refractivity contribution is 5.91. The molecular formula is C24H30O14. The Morgan fingerprint density at radius 2 is 1.61 bits per heavy atom. The highest BCUT2D eigenvalue weighted by atomic mass is 16.8. The fraction of sp³-hybridized carbons (Fsp3) is 0.625. The van der Waals surface area contributed by atoms with Crippen molar-refractivity contribution in [1.82, 2.24) is 0 Å². The van der Waals surface area contributed by atoms with Gasteiger partial charge in [0.1, 0.15) is 23.9 Å². The molecule has 0 amide bonds. The molecule has 0 bridgehead atoms. The van der Waals surface area contributed by atoms with Crippen LogP contribution in [0.15, 0.2) is 24.5 Å². The third-order valence-corrected chi connectivity index (χ3v) is 6.04. The van der Waals surface area contributed by atoms with Gasteiger partial charge in [0.05, 0.1) is 18.8 Å². The van der Waals surface area contributed by atoms with E-state index in [1.54, 1.807) is 0 Å². The van der Waals surface area contributed by atoms with Crippen LogP contribution in [0.3, 0.4) is 0 Å². The van der Waals surface area contributed by atoms with Gasteiger partial charge in [-0.3, -0.25) is 19.2 Å². The van der Waals surface area contributed by atoms with Crippen LogP contribution in [0, 0.1) is 5.92 Å². The Morgan fingerprint density at radius 3 is 2.18 bits per heavy atom. The van der Waals surface area contributed by atoms with Gasteiger partial charge in [0, 0.05) is 34.1 Å². The van der Waals surface area contributed by atoms with E-state index in [-0.39, 0.29) is 18.6 Å². The molecule has 210 valence electrons. The molecule has 2 fully saturated rings. The van der Waals surface area contributed by atoms with Crippen molar-refractivity contribution in [2.75, 3.05) is 13.2 Å². The number of ether oxygens (including phenoxy) is 8. The molecule has 3 rings (SSSR count). The first-order valence-electron chi connectivity index (χ1n) is 11.7. The number of fused-ring (bicyclic) bond motifs is 1. The smallest absolute Gasteiger partial charge is 0.340 e. The van der Waals surface area contributed by atoms with Crippen LogP contribution in [0.5, 0.6) is 0 Å². The maximum atomic E-state index is 12.2. The maximum absolute atomic E-state index is 12.2. The van der Waals surface area contributed by atoms with Crippen molar-refractivity contribution >= 4 is 29.8 Å². The molecule has 3 aliphatic rings. The van der Waals surface area contributed by atoms with Crippen molar-refractivity contribution in [1.29, 1.82) is 0 Å². The monoisotopic (exact) mass is 542 g/mol. The summed E-state index contributed by atoms with van der Waals surface area (Å²) in [5, 5.41) is 11.3. The molecule has 2 saturated heterocycles. The topological polar surface area (TPSA) is 179 Å². The standard InChI is InChI=1S/C24H30O14/c1-6-15-22(33-9-16-21(29)31-8-7-24(15,16)30)38-23-20(36-14(5)28)19(35-13(4)27)18(34-12(3)26)17(37-23)10-32-11(2)25/h6,9,15,17-20,22-23,30H,1,7-8,10H2,2-5H3/t15-,17+,18+,19-,20+,22-,23-,24+/m0/s1. The van der Waals surface area contributed by atoms with Gasteiger partial charge in [-0.15, -0.1) is 6.58 Å². The van der Waals surface area contributed by atoms with E-state index in [2.05, 4.69) is 6.58 Å². The number of hydrogen-bond acceptors (Lipinski definition) is 14. The average Bonchev–Trinajstić information content (AvgIpc) is 2.80. The Morgan fingerprint density at radius 1 is 1.00 bits per heavy atom. The van der Waals surface area contributed by atoms with Gasteiger partial charge in [0.2, 0.25) is 12.6 Å². The molecule has 0 saturated carbocycles. The molecule has 0 unspecified atom stereocenters. The van der Waals surface area contributed by atoms with E-state index in [0.717, 1.165) is 34.0 Å². The molecule has 0 aromatic carbocycles. The summed E-state index contributed by atoms with van der Waals surface area (Å²) in [6.07, 6.45) is -6.13. The number of carbonyl (C=O) groups excluding carboxylic acids is 5. The zero-order valence-electron chi connectivity index (χ0n) is 21.3. The summed E-state index contributed by atoms with van der Waals surface area (Å²) in [7, 11) is 0. The lowest BCUT2D eigenvalue weighted by Gasteiger charge is -2.47. The highest BCUT2D eigenvalue weighted by Crippen LogP contribution is 2.42. The molecule has 0 aromatic heterocycles. The molecule has 14 heteroatoms. The minimum Gasteiger partial charge on any atom is -0.471 e. The summed E-state index contributed by atoms with van der Waals surface area (Å²) in [5.74, 6) is -4.87. The minimum absolute atomic E-state index is 0.0169. The second-order valence-electron chi connectivity index (χ2n) is 8.81. The minimum atomic E-state index is -1.75. The van der Waals surface area contributed by atoms with Crippen LogP contribution in [0.25, 0.3) is 0 Å². The van der Waals surface area contributed by atoms with Crippen molar-refractivity contribution in [2.24, 2.45) is 5.92 Å². The molecule has 0 spiro atoms. The SMILES string of the molecule is C=C[C@H]1[C@H](O[C@@H]2O[C@H](COC(C)=O)[C@@H](OC(C)=O)[C@H](OC(C)=O)[C@H]2OC(C)=O)OC=C2C(=O)OCC[C@]21O. The lowest BCUT2D eigenvalue weighted by atomic mass is 9.76. The van der Waals surface area contributed by atoms with Crippen LogP contribution in [-0.2, 0) is 61.9 Å². The number of esters is 5. The zero-order valence-corrected chi connectivity index (χ0v) is 21.3. The lowest BCUT2D eigenvalue weighted by molar-refractivity contribution is -0.346. The first-order valence-corrected chi connectivity index (χ1v) is 11.7. The van der Waals surface area contributed by atoms with Gasteiger partial charge in [-0.2, -0.15) is 0 Å². The van der Waals surface area contributed by atoms with Gasteiger partial charge < -0.3 is 43.0 Å². The lowest BCUT2D eigenvalue weighted by Crippen LogP contribution is -2.64. The summed E-state index contributed by atoms with van der Waals surface area (Å²) in [6, 6.07) is 0. The second kappa shape index (κ2) is 11.9. The van der Waals surface area contributed by atoms with E-state index < -0.39 is 85.0 Å². The van der Waals surface area contributed by atoms with E-state index >= 15 is 0 Å². The van der Waals surface area contributed by atoms with Crippen LogP contribution in [0.1, 0.15) is 34.1 Å². The van der Waals surface area contributed by atoms with Gasteiger partial charge in [-0.05, 0) is 0 Å². The molecular weight excluding hydrogens is 512 g/mol. The normalized spacial score (nSPS) is 34.3. The summed E-state index contributed by atoms with van der Waals surface area (Å²) in [6.45, 7) is 7.61. The van der Waals surface area contributed by atoms with Crippen LogP contribution in [-0.4, -0.2) is 90.8 Å². The fourth-order valence-corrected chi connectivity index (χ4v) is 4.48. The summed E-state index contributed by atoms with van der Waals surface area (Å²) >= 11 is 0. The Bertz CT molecular complexity index is 1000. The van der Waals surface area contributed by atoms with Crippen LogP contribution in [0.2, 0.25) is 0 Å². The van der Waals surface area contributed by atoms with Gasteiger partial charge in [0.25, 0.3) is 0 Å². The van der Waals surface area contributed by atoms with Crippen molar-refractivity contribution < 1.29 is 67.0 Å². The van der Waals surface area contributed by atoms with Gasteiger partial charge in [0.15, 0.2) is 18.3 Å². The second-order valence-corrected chi connectivity index (χ2v) is 8.81. The van der Waals surface area contributed by atoms with Crippen LogP contribution in [0.4, 0.5) is 0 Å². The Labute approximate surface area is 217 Å². The average molecular weight is 542 g/mol. The quantitative estimate of drug-likeness (QED) is 0.242. The number of carbonyl (C=O) groups is 5. The van der Waals surface area contributed by atoms with Crippen molar-refractivity contribution in [2.45, 2.75) is 76.7 Å². The summed E-state index contributed by atoms with van der Waals surface area (Å²) < 4.78 is 43.5. The predicted octanol–water partition coefficient (Wildman–Crippen LogP) is -0.193. The van der Waals surface area contributed by atoms with Crippen molar-refractivity contribution in [3.63, 3.8) is 0 Å². The number of rotatable bonds is 8. The third kappa shape index (κ3) is 6.31. The molecule has 3 aliphatic heterocycles. The molecule has 1 N–H and O–H groups in total.